The van der Waals surface area contributed by atoms with Crippen LogP contribution in [0.15, 0.2) is 30.3 Å². The van der Waals surface area contributed by atoms with E-state index in [-0.39, 0.29) is 5.92 Å². The van der Waals surface area contributed by atoms with Crippen molar-refractivity contribution in [2.75, 3.05) is 14.2 Å². The van der Waals surface area contributed by atoms with Crippen LogP contribution in [0.25, 0.3) is 0 Å². The highest BCUT2D eigenvalue weighted by molar-refractivity contribution is 5.89. The smallest absolute Gasteiger partial charge is 0.314 e. The summed E-state index contributed by atoms with van der Waals surface area (Å²) in [4.78, 5) is 16.6. The predicted octanol–water partition coefficient (Wildman–Crippen LogP) is 3.23. The summed E-state index contributed by atoms with van der Waals surface area (Å²) in [5.41, 5.74) is 2.39. The summed E-state index contributed by atoms with van der Waals surface area (Å²) in [7, 11) is 3.12. The minimum Gasteiger partial charge on any atom is -0.496 e. The number of ether oxygens (including phenoxy) is 2. The van der Waals surface area contributed by atoms with Crippen LogP contribution in [0.4, 0.5) is 0 Å². The molecule has 1 aliphatic carbocycles. The number of carbonyl (C=O) groups is 1. The van der Waals surface area contributed by atoms with E-state index < -0.39 is 11.4 Å². The van der Waals surface area contributed by atoms with Gasteiger partial charge in [0.25, 0.3) is 0 Å². The Morgan fingerprint density at radius 3 is 2.58 bits per heavy atom. The molecule has 5 heteroatoms. The molecule has 0 amide bonds. The summed E-state index contributed by atoms with van der Waals surface area (Å²) in [5, 5.41) is 10.0. The zero-order valence-corrected chi connectivity index (χ0v) is 14.3. The van der Waals surface area contributed by atoms with Gasteiger partial charge in [0, 0.05) is 22.7 Å². The van der Waals surface area contributed by atoms with Crippen molar-refractivity contribution >= 4 is 5.97 Å². The van der Waals surface area contributed by atoms with Gasteiger partial charge in [-0.1, -0.05) is 23.8 Å². The van der Waals surface area contributed by atoms with Gasteiger partial charge in [-0.25, -0.2) is 4.98 Å². The van der Waals surface area contributed by atoms with E-state index in [1.54, 1.807) is 14.2 Å². The SMILES string of the molecule is COc1ccc(C)cc1[C@]1(C(=O)O)C[C@@H]1c1ccc(C)nc1OC. The number of benzene rings is 1. The van der Waals surface area contributed by atoms with Gasteiger partial charge in [0.2, 0.25) is 5.88 Å². The summed E-state index contributed by atoms with van der Waals surface area (Å²) in [6.45, 7) is 3.83. The lowest BCUT2D eigenvalue weighted by atomic mass is 9.89. The molecular weight excluding hydrogens is 306 g/mol. The Morgan fingerprint density at radius 1 is 1.21 bits per heavy atom. The Balaban J connectivity index is 2.12. The standard InChI is InChI=1S/C19H21NO4/c1-11-5-8-16(23-3)14(9-11)19(18(21)22)10-15(19)13-7-6-12(2)20-17(13)24-4/h5-9,15H,10H2,1-4H3,(H,21,22)/t15-,19-/m1/s1. The molecule has 0 saturated heterocycles. The van der Waals surface area contributed by atoms with Crippen molar-refractivity contribution in [2.24, 2.45) is 0 Å². The number of aliphatic carboxylic acids is 1. The largest absolute Gasteiger partial charge is 0.496 e. The first-order valence-corrected chi connectivity index (χ1v) is 7.84. The van der Waals surface area contributed by atoms with E-state index >= 15 is 0 Å². The molecule has 2 atom stereocenters. The molecule has 0 spiro atoms. The number of carboxylic acids is 1. The lowest BCUT2D eigenvalue weighted by Crippen LogP contribution is -2.23. The van der Waals surface area contributed by atoms with Gasteiger partial charge in [0.15, 0.2) is 0 Å². The third kappa shape index (κ3) is 2.40. The van der Waals surface area contributed by atoms with Crippen molar-refractivity contribution in [3.63, 3.8) is 0 Å². The van der Waals surface area contributed by atoms with E-state index in [9.17, 15) is 9.90 Å². The maximum Gasteiger partial charge on any atom is 0.314 e. The zero-order valence-electron chi connectivity index (χ0n) is 14.3. The average molecular weight is 327 g/mol. The van der Waals surface area contributed by atoms with Gasteiger partial charge >= 0.3 is 5.97 Å². The van der Waals surface area contributed by atoms with E-state index in [4.69, 9.17) is 9.47 Å². The lowest BCUT2D eigenvalue weighted by molar-refractivity contribution is -0.140. The quantitative estimate of drug-likeness (QED) is 0.913. The van der Waals surface area contributed by atoms with Crippen LogP contribution in [0.5, 0.6) is 11.6 Å². The summed E-state index contributed by atoms with van der Waals surface area (Å²) >= 11 is 0. The molecule has 0 aliphatic heterocycles. The summed E-state index contributed by atoms with van der Waals surface area (Å²) in [5.74, 6) is 0.0621. The highest BCUT2D eigenvalue weighted by Gasteiger charge is 2.64. The molecule has 1 aliphatic rings. The highest BCUT2D eigenvalue weighted by Crippen LogP contribution is 2.63. The van der Waals surface area contributed by atoms with Gasteiger partial charge in [0.05, 0.1) is 14.2 Å². The number of nitrogens with zero attached hydrogens (tertiary/aromatic N) is 1. The molecule has 0 unspecified atom stereocenters. The third-order valence-electron chi connectivity index (χ3n) is 4.78. The maximum absolute atomic E-state index is 12.2. The van der Waals surface area contributed by atoms with Crippen LogP contribution in [0.3, 0.4) is 0 Å². The van der Waals surface area contributed by atoms with Gasteiger partial charge in [0.1, 0.15) is 11.2 Å². The molecule has 1 aromatic carbocycles. The topological polar surface area (TPSA) is 68.7 Å². The lowest BCUT2D eigenvalue weighted by Gasteiger charge is -2.18. The second-order valence-corrected chi connectivity index (χ2v) is 6.29. The summed E-state index contributed by atoms with van der Waals surface area (Å²) in [6.07, 6.45) is 0.503. The molecule has 2 aromatic rings. The van der Waals surface area contributed by atoms with Gasteiger partial charge < -0.3 is 14.6 Å². The highest BCUT2D eigenvalue weighted by atomic mass is 16.5. The van der Waals surface area contributed by atoms with Crippen LogP contribution in [0.1, 0.15) is 34.7 Å². The average Bonchev–Trinajstić information content (AvgIpc) is 3.31. The van der Waals surface area contributed by atoms with Crippen molar-refractivity contribution in [1.29, 1.82) is 0 Å². The van der Waals surface area contributed by atoms with E-state index in [0.29, 0.717) is 23.6 Å². The number of rotatable bonds is 5. The first-order valence-electron chi connectivity index (χ1n) is 7.84. The molecule has 3 rings (SSSR count). The van der Waals surface area contributed by atoms with Gasteiger partial charge in [-0.15, -0.1) is 0 Å². The molecule has 1 N–H and O–H groups in total. The Bertz CT molecular complexity index is 802. The second-order valence-electron chi connectivity index (χ2n) is 6.29. The number of methoxy groups -OCH3 is 2. The second kappa shape index (κ2) is 5.82. The van der Waals surface area contributed by atoms with Crippen LogP contribution in [0, 0.1) is 13.8 Å². The monoisotopic (exact) mass is 327 g/mol. The zero-order chi connectivity index (χ0) is 17.5. The molecule has 24 heavy (non-hydrogen) atoms. The summed E-state index contributed by atoms with van der Waals surface area (Å²) < 4.78 is 10.8. The number of hydrogen-bond donors (Lipinski definition) is 1. The van der Waals surface area contributed by atoms with Crippen molar-refractivity contribution in [2.45, 2.75) is 31.6 Å². The number of pyridine rings is 1. The number of aryl methyl sites for hydroxylation is 2. The Kier molecular flexibility index (Phi) is 3.95. The van der Waals surface area contributed by atoms with Crippen LogP contribution in [-0.2, 0) is 10.2 Å². The molecule has 0 bridgehead atoms. The minimum absolute atomic E-state index is 0.186. The molecular formula is C19H21NO4. The third-order valence-corrected chi connectivity index (χ3v) is 4.78. The first kappa shape index (κ1) is 16.3. The predicted molar refractivity (Wildman–Crippen MR) is 89.9 cm³/mol. The number of hydrogen-bond acceptors (Lipinski definition) is 4. The molecule has 126 valence electrons. The van der Waals surface area contributed by atoms with E-state index in [1.807, 2.05) is 44.2 Å². The van der Waals surface area contributed by atoms with Crippen LogP contribution < -0.4 is 9.47 Å². The van der Waals surface area contributed by atoms with E-state index in [0.717, 1.165) is 16.8 Å². The minimum atomic E-state index is -0.998. The van der Waals surface area contributed by atoms with Crippen molar-refractivity contribution in [3.8, 4) is 11.6 Å². The molecule has 0 radical (unpaired) electrons. The molecule has 5 nitrogen and oxygen atoms in total. The molecule has 1 heterocycles. The van der Waals surface area contributed by atoms with Gasteiger partial charge in [-0.3, -0.25) is 4.79 Å². The Hall–Kier alpha value is -2.56. The van der Waals surface area contributed by atoms with Gasteiger partial charge in [-0.05, 0) is 32.4 Å². The summed E-state index contributed by atoms with van der Waals surface area (Å²) in [6, 6.07) is 9.45. The van der Waals surface area contributed by atoms with E-state index in [1.165, 1.54) is 0 Å². The van der Waals surface area contributed by atoms with Crippen molar-refractivity contribution in [1.82, 2.24) is 4.98 Å². The fourth-order valence-electron chi connectivity index (χ4n) is 3.43. The molecule has 1 fully saturated rings. The molecule has 1 aromatic heterocycles. The van der Waals surface area contributed by atoms with Crippen LogP contribution >= 0.6 is 0 Å². The maximum atomic E-state index is 12.2. The number of aromatic nitrogens is 1. The Morgan fingerprint density at radius 2 is 1.96 bits per heavy atom. The van der Waals surface area contributed by atoms with Crippen LogP contribution in [0.2, 0.25) is 0 Å². The normalized spacial score (nSPS) is 22.1. The fraction of sp³-hybridized carbons (Fsp3) is 0.368. The number of carboxylic acid groups (broad SMARTS) is 1. The molecule has 1 saturated carbocycles. The van der Waals surface area contributed by atoms with Crippen molar-refractivity contribution in [3.05, 3.63) is 52.7 Å². The van der Waals surface area contributed by atoms with Crippen LogP contribution in [-0.4, -0.2) is 30.3 Å². The fourth-order valence-corrected chi connectivity index (χ4v) is 3.43. The Labute approximate surface area is 141 Å². The van der Waals surface area contributed by atoms with E-state index in [2.05, 4.69) is 4.98 Å². The van der Waals surface area contributed by atoms with Gasteiger partial charge in [-0.2, -0.15) is 0 Å². The van der Waals surface area contributed by atoms with Crippen molar-refractivity contribution < 1.29 is 19.4 Å². The first-order chi connectivity index (χ1) is 11.4.